The van der Waals surface area contributed by atoms with Crippen molar-refractivity contribution < 1.29 is 4.39 Å². The Balaban J connectivity index is 3.01. The lowest BCUT2D eigenvalue weighted by Crippen LogP contribution is -1.95. The molecule has 0 bridgehead atoms. The largest absolute Gasteiger partial charge is 0.207 e. The van der Waals surface area contributed by atoms with Crippen LogP contribution in [0.4, 0.5) is 4.39 Å². The van der Waals surface area contributed by atoms with Crippen LogP contribution in [0, 0.1) is 5.82 Å². The van der Waals surface area contributed by atoms with Gasteiger partial charge in [-0.05, 0) is 23.6 Å². The summed E-state index contributed by atoms with van der Waals surface area (Å²) in [4.78, 5) is 0. The van der Waals surface area contributed by atoms with E-state index in [0.29, 0.717) is 10.9 Å². The summed E-state index contributed by atoms with van der Waals surface area (Å²) in [5.74, 6) is 0.344. The molecule has 0 aromatic heterocycles. The summed E-state index contributed by atoms with van der Waals surface area (Å²) < 4.78 is 12.6. The zero-order valence-corrected chi connectivity index (χ0v) is 8.16. The highest BCUT2D eigenvalue weighted by Gasteiger charge is 2.08. The van der Waals surface area contributed by atoms with Crippen LogP contribution in [0.1, 0.15) is 18.4 Å². The number of hydrogen-bond acceptors (Lipinski definition) is 0. The number of halogens is 3. The molecule has 0 saturated carbocycles. The molecule has 1 aromatic rings. The molecule has 0 radical (unpaired) electrons. The van der Waals surface area contributed by atoms with Crippen LogP contribution in [-0.2, 0) is 0 Å². The first-order valence-electron chi connectivity index (χ1n) is 3.66. The van der Waals surface area contributed by atoms with Crippen molar-refractivity contribution in [3.8, 4) is 0 Å². The molecule has 0 N–H and O–H groups in total. The molecule has 0 amide bonds. The first kappa shape index (κ1) is 9.82. The number of hydrogen-bond donors (Lipinski definition) is 0. The summed E-state index contributed by atoms with van der Waals surface area (Å²) in [7, 11) is 0. The molecule has 0 aliphatic rings. The van der Waals surface area contributed by atoms with Gasteiger partial charge in [0.1, 0.15) is 5.82 Å². The average Bonchev–Trinajstić information content (AvgIpc) is 2.03. The van der Waals surface area contributed by atoms with Crippen LogP contribution in [0.15, 0.2) is 18.2 Å². The minimum atomic E-state index is -0.314. The van der Waals surface area contributed by atoms with E-state index < -0.39 is 0 Å². The van der Waals surface area contributed by atoms with Crippen LogP contribution in [0.5, 0.6) is 0 Å². The predicted octanol–water partition coefficient (Wildman–Crippen LogP) is 3.82. The third-order valence-electron chi connectivity index (χ3n) is 1.72. The van der Waals surface area contributed by atoms with E-state index in [1.807, 2.05) is 6.92 Å². The second-order valence-electron chi connectivity index (χ2n) is 2.72. The van der Waals surface area contributed by atoms with E-state index in [-0.39, 0.29) is 11.7 Å². The van der Waals surface area contributed by atoms with E-state index in [9.17, 15) is 4.39 Å². The maximum Gasteiger partial charge on any atom is 0.124 e. The third-order valence-corrected chi connectivity index (χ3v) is 2.52. The highest BCUT2D eigenvalue weighted by Crippen LogP contribution is 2.25. The van der Waals surface area contributed by atoms with Gasteiger partial charge in [-0.3, -0.25) is 0 Å². The summed E-state index contributed by atoms with van der Waals surface area (Å²) in [6.07, 6.45) is 0. The molecule has 0 aliphatic heterocycles. The molecule has 0 fully saturated rings. The Kier molecular flexibility index (Phi) is 3.36. The molecule has 3 heteroatoms. The summed E-state index contributed by atoms with van der Waals surface area (Å²) >= 11 is 11.5. The van der Waals surface area contributed by atoms with Gasteiger partial charge in [-0.1, -0.05) is 24.6 Å². The highest BCUT2D eigenvalue weighted by molar-refractivity contribution is 6.31. The lowest BCUT2D eigenvalue weighted by atomic mass is 10.0. The standard InChI is InChI=1S/C9H9Cl2F/c1-6(5-10)8-3-2-7(12)4-9(8)11/h2-4,6H,5H2,1H3. The van der Waals surface area contributed by atoms with Crippen molar-refractivity contribution in [2.24, 2.45) is 0 Å². The lowest BCUT2D eigenvalue weighted by Gasteiger charge is -2.09. The summed E-state index contributed by atoms with van der Waals surface area (Å²) in [6, 6.07) is 4.37. The molecule has 0 saturated heterocycles. The van der Waals surface area contributed by atoms with Gasteiger partial charge in [-0.25, -0.2) is 4.39 Å². The van der Waals surface area contributed by atoms with Crippen LogP contribution in [-0.4, -0.2) is 5.88 Å². The van der Waals surface area contributed by atoms with Crippen molar-refractivity contribution in [2.75, 3.05) is 5.88 Å². The molecular weight excluding hydrogens is 198 g/mol. The van der Waals surface area contributed by atoms with Crippen LogP contribution < -0.4 is 0 Å². The molecule has 12 heavy (non-hydrogen) atoms. The van der Waals surface area contributed by atoms with E-state index in [1.54, 1.807) is 6.07 Å². The van der Waals surface area contributed by atoms with Gasteiger partial charge in [0.15, 0.2) is 0 Å². The molecule has 1 unspecified atom stereocenters. The molecule has 1 rings (SSSR count). The fourth-order valence-electron chi connectivity index (χ4n) is 0.984. The van der Waals surface area contributed by atoms with Crippen molar-refractivity contribution in [1.82, 2.24) is 0 Å². The Hall–Kier alpha value is -0.270. The van der Waals surface area contributed by atoms with E-state index in [4.69, 9.17) is 23.2 Å². The molecule has 0 heterocycles. The topological polar surface area (TPSA) is 0 Å². The first-order valence-corrected chi connectivity index (χ1v) is 4.57. The van der Waals surface area contributed by atoms with Gasteiger partial charge in [0, 0.05) is 10.9 Å². The lowest BCUT2D eigenvalue weighted by molar-refractivity contribution is 0.626. The minimum Gasteiger partial charge on any atom is -0.207 e. The summed E-state index contributed by atoms with van der Waals surface area (Å²) in [5, 5.41) is 0.447. The van der Waals surface area contributed by atoms with Gasteiger partial charge >= 0.3 is 0 Å². The van der Waals surface area contributed by atoms with E-state index in [0.717, 1.165) is 5.56 Å². The Bertz CT molecular complexity index is 273. The SMILES string of the molecule is CC(CCl)c1ccc(F)cc1Cl. The van der Waals surface area contributed by atoms with E-state index in [2.05, 4.69) is 0 Å². The van der Waals surface area contributed by atoms with Gasteiger partial charge in [0.2, 0.25) is 0 Å². The first-order chi connectivity index (χ1) is 5.65. The summed E-state index contributed by atoms with van der Waals surface area (Å²) in [6.45, 7) is 1.95. The van der Waals surface area contributed by atoms with Crippen molar-refractivity contribution in [1.29, 1.82) is 0 Å². The monoisotopic (exact) mass is 206 g/mol. The van der Waals surface area contributed by atoms with Gasteiger partial charge in [-0.2, -0.15) is 0 Å². The van der Waals surface area contributed by atoms with Crippen molar-refractivity contribution >= 4 is 23.2 Å². The Morgan fingerprint density at radius 1 is 1.50 bits per heavy atom. The van der Waals surface area contributed by atoms with E-state index in [1.165, 1.54) is 12.1 Å². The molecule has 0 spiro atoms. The maximum absolute atomic E-state index is 12.6. The highest BCUT2D eigenvalue weighted by atomic mass is 35.5. The van der Waals surface area contributed by atoms with Gasteiger partial charge in [0.05, 0.1) is 0 Å². The molecule has 66 valence electrons. The normalized spacial score (nSPS) is 13.0. The van der Waals surface area contributed by atoms with Crippen molar-refractivity contribution in [3.05, 3.63) is 34.6 Å². The smallest absolute Gasteiger partial charge is 0.124 e. The second kappa shape index (κ2) is 4.11. The predicted molar refractivity (Wildman–Crippen MR) is 50.5 cm³/mol. The molecule has 0 aliphatic carbocycles. The zero-order valence-electron chi connectivity index (χ0n) is 6.65. The number of benzene rings is 1. The van der Waals surface area contributed by atoms with Gasteiger partial charge in [0.25, 0.3) is 0 Å². The van der Waals surface area contributed by atoms with Crippen LogP contribution >= 0.6 is 23.2 Å². The van der Waals surface area contributed by atoms with Gasteiger partial charge < -0.3 is 0 Å². The molecule has 1 atom stereocenters. The maximum atomic E-state index is 12.6. The van der Waals surface area contributed by atoms with Crippen LogP contribution in [0.2, 0.25) is 5.02 Å². The quantitative estimate of drug-likeness (QED) is 0.646. The van der Waals surface area contributed by atoms with Crippen molar-refractivity contribution in [3.63, 3.8) is 0 Å². The molecular formula is C9H9Cl2F. The fraction of sp³-hybridized carbons (Fsp3) is 0.333. The third kappa shape index (κ3) is 2.11. The minimum absolute atomic E-state index is 0.166. The Morgan fingerprint density at radius 3 is 2.67 bits per heavy atom. The molecule has 1 aromatic carbocycles. The van der Waals surface area contributed by atoms with Crippen LogP contribution in [0.3, 0.4) is 0 Å². The van der Waals surface area contributed by atoms with Crippen molar-refractivity contribution in [2.45, 2.75) is 12.8 Å². The number of alkyl halides is 1. The Labute approximate surface area is 81.3 Å². The molecule has 0 nitrogen and oxygen atoms in total. The summed E-state index contributed by atoms with van der Waals surface area (Å²) in [5.41, 5.74) is 0.896. The number of rotatable bonds is 2. The van der Waals surface area contributed by atoms with E-state index >= 15 is 0 Å². The fourth-order valence-corrected chi connectivity index (χ4v) is 1.50. The van der Waals surface area contributed by atoms with Gasteiger partial charge in [-0.15, -0.1) is 11.6 Å². The van der Waals surface area contributed by atoms with Crippen LogP contribution in [0.25, 0.3) is 0 Å². The Morgan fingerprint density at radius 2 is 2.17 bits per heavy atom. The second-order valence-corrected chi connectivity index (χ2v) is 3.44. The zero-order chi connectivity index (χ0) is 9.14. The average molecular weight is 207 g/mol.